The summed E-state index contributed by atoms with van der Waals surface area (Å²) >= 11 is 0. The molecule has 0 bridgehead atoms. The maximum absolute atomic E-state index is 0. The normalized spacial score (nSPS) is 0. The Morgan fingerprint density at radius 2 is 0.750 bits per heavy atom. The van der Waals surface area contributed by atoms with E-state index in [2.05, 4.69) is 0 Å². The largest absolute Gasteiger partial charge is 2.00 e. The molecule has 16 valence electrons. The van der Waals surface area contributed by atoms with Gasteiger partial charge in [-0.1, -0.05) is 0 Å². The third-order valence-electron chi connectivity index (χ3n) is 0. The molecule has 0 atom stereocenters. The molecule has 0 fully saturated rings. The van der Waals surface area contributed by atoms with Crippen LogP contribution in [0.1, 0.15) is 0 Å². The van der Waals surface area contributed by atoms with Gasteiger partial charge in [-0.25, -0.2) is 0 Å². The van der Waals surface area contributed by atoms with Crippen molar-refractivity contribution in [3.05, 3.63) is 0 Å². The van der Waals surface area contributed by atoms with E-state index in [1.165, 1.54) is 0 Å². The summed E-state index contributed by atoms with van der Waals surface area (Å²) in [5.74, 6) is 0. The molecule has 4 heteroatoms. The average Bonchev–Trinajstić information content (AvgIpc) is 0. The van der Waals surface area contributed by atoms with Gasteiger partial charge in [-0.15, -0.1) is 0 Å². The summed E-state index contributed by atoms with van der Waals surface area (Å²) in [7, 11) is 0. The van der Waals surface area contributed by atoms with Crippen LogP contribution in [0.25, 0.3) is 0 Å². The molecule has 0 saturated heterocycles. The Morgan fingerprint density at radius 1 is 0.750 bits per heavy atom. The predicted octanol–water partition coefficient (Wildman–Crippen LogP) is -2.41. The molecular weight excluding hydrogens is 209 g/mol. The molecule has 0 aromatic rings. The molecule has 0 rings (SSSR count). The molecule has 0 aliphatic rings. The van der Waals surface area contributed by atoms with Gasteiger partial charge in [-0.05, 0) is 0 Å². The maximum Gasteiger partial charge on any atom is 2.00 e. The van der Waals surface area contributed by atoms with Crippen molar-refractivity contribution in [2.45, 2.75) is 0 Å². The van der Waals surface area contributed by atoms with Crippen LogP contribution in [0.2, 0.25) is 0 Å². The van der Waals surface area contributed by atoms with E-state index in [0.29, 0.717) is 0 Å². The summed E-state index contributed by atoms with van der Waals surface area (Å²) in [6.07, 6.45) is 0. The molecule has 0 aromatic heterocycles. The van der Waals surface area contributed by atoms with Gasteiger partial charge in [0.25, 0.3) is 0 Å². The fourth-order valence-corrected chi connectivity index (χ4v) is 0. The van der Waals surface area contributed by atoms with Crippen LogP contribution in [0, 0.1) is 0 Å². The first-order valence-electron chi connectivity index (χ1n) is 0. The van der Waals surface area contributed by atoms with Crippen LogP contribution in [0.5, 0.6) is 0 Å². The molecular formula is H4BaCaO2+4. The van der Waals surface area contributed by atoms with Crippen LogP contribution < -0.4 is 0 Å². The van der Waals surface area contributed by atoms with Crippen LogP contribution in [0.4, 0.5) is 0 Å². The molecule has 0 aromatic carbocycles. The minimum absolute atomic E-state index is 0. The minimum atomic E-state index is 0. The molecule has 0 aliphatic heterocycles. The quantitative estimate of drug-likeness (QED) is 0.403. The molecule has 0 spiro atoms. The Kier molecular flexibility index (Phi) is 127. The zero-order valence-electron chi connectivity index (χ0n) is 2.41. The molecule has 0 heterocycles. The molecule has 0 amide bonds. The van der Waals surface area contributed by atoms with Crippen molar-refractivity contribution >= 4 is 86.6 Å². The summed E-state index contributed by atoms with van der Waals surface area (Å²) in [6, 6.07) is 0. The second kappa shape index (κ2) is 17.2. The molecule has 0 radical (unpaired) electrons. The fraction of sp³-hybridized carbons (Fsp3) is 0. The van der Waals surface area contributed by atoms with Crippen molar-refractivity contribution in [3.8, 4) is 0 Å². The van der Waals surface area contributed by atoms with Crippen molar-refractivity contribution < 1.29 is 11.0 Å². The van der Waals surface area contributed by atoms with Gasteiger partial charge in [0, 0.05) is 0 Å². The minimum Gasteiger partial charge on any atom is -0.412 e. The summed E-state index contributed by atoms with van der Waals surface area (Å²) in [5.41, 5.74) is 0. The topological polar surface area (TPSA) is 63.0 Å². The van der Waals surface area contributed by atoms with Crippen LogP contribution >= 0.6 is 0 Å². The van der Waals surface area contributed by atoms with Crippen molar-refractivity contribution in [1.82, 2.24) is 0 Å². The summed E-state index contributed by atoms with van der Waals surface area (Å²) in [4.78, 5) is 0. The second-order valence-electron chi connectivity index (χ2n) is 0. The van der Waals surface area contributed by atoms with Gasteiger partial charge in [0.1, 0.15) is 0 Å². The number of hydrogen-bond donors (Lipinski definition) is 0. The van der Waals surface area contributed by atoms with Gasteiger partial charge < -0.3 is 11.0 Å². The smallest absolute Gasteiger partial charge is 0.412 e. The molecule has 0 aliphatic carbocycles. The molecule has 4 heavy (non-hydrogen) atoms. The fourth-order valence-electron chi connectivity index (χ4n) is 0. The van der Waals surface area contributed by atoms with Crippen LogP contribution in [-0.2, 0) is 0 Å². The van der Waals surface area contributed by atoms with Crippen molar-refractivity contribution in [2.24, 2.45) is 0 Å². The Hall–Kier alpha value is 2.75. The van der Waals surface area contributed by atoms with E-state index in [-0.39, 0.29) is 97.6 Å². The number of hydrogen-bond acceptors (Lipinski definition) is 0. The molecule has 0 saturated carbocycles. The van der Waals surface area contributed by atoms with E-state index in [4.69, 9.17) is 0 Å². The standard InChI is InChI=1S/Ba.Ca.2H2O/h;;2*1H2/q2*+2;;. The van der Waals surface area contributed by atoms with Crippen molar-refractivity contribution in [2.75, 3.05) is 0 Å². The van der Waals surface area contributed by atoms with Crippen LogP contribution in [0.3, 0.4) is 0 Å². The van der Waals surface area contributed by atoms with E-state index < -0.39 is 0 Å². The second-order valence-corrected chi connectivity index (χ2v) is 0. The zero-order valence-corrected chi connectivity index (χ0v) is 9.06. The Labute approximate surface area is 95.0 Å². The molecule has 0 unspecified atom stereocenters. The molecule has 2 nitrogen and oxygen atoms in total. The molecule has 4 N–H and O–H groups in total. The van der Waals surface area contributed by atoms with E-state index in [1.54, 1.807) is 0 Å². The maximum atomic E-state index is 0. The predicted molar refractivity (Wildman–Crippen MR) is 18.7 cm³/mol. The number of rotatable bonds is 0. The van der Waals surface area contributed by atoms with E-state index in [9.17, 15) is 0 Å². The third kappa shape index (κ3) is 8.83. The van der Waals surface area contributed by atoms with Gasteiger partial charge in [0.05, 0.1) is 0 Å². The first-order chi connectivity index (χ1) is 0. The first-order valence-corrected chi connectivity index (χ1v) is 0. The van der Waals surface area contributed by atoms with Gasteiger partial charge in [0.15, 0.2) is 0 Å². The van der Waals surface area contributed by atoms with Crippen molar-refractivity contribution in [3.63, 3.8) is 0 Å². The summed E-state index contributed by atoms with van der Waals surface area (Å²) in [5, 5.41) is 0. The monoisotopic (exact) mass is 214 g/mol. The average molecular weight is 213 g/mol. The Balaban J connectivity index is 0. The first kappa shape index (κ1) is 29.5. The summed E-state index contributed by atoms with van der Waals surface area (Å²) in [6.45, 7) is 0. The van der Waals surface area contributed by atoms with Crippen LogP contribution in [0.15, 0.2) is 0 Å². The van der Waals surface area contributed by atoms with E-state index >= 15 is 0 Å². The summed E-state index contributed by atoms with van der Waals surface area (Å²) < 4.78 is 0. The van der Waals surface area contributed by atoms with E-state index in [1.807, 2.05) is 0 Å². The van der Waals surface area contributed by atoms with Gasteiger partial charge in [-0.3, -0.25) is 0 Å². The zero-order chi connectivity index (χ0) is 0. The van der Waals surface area contributed by atoms with E-state index in [0.717, 1.165) is 0 Å². The van der Waals surface area contributed by atoms with Crippen molar-refractivity contribution in [1.29, 1.82) is 0 Å². The SMILES string of the molecule is O.O.[Ba+2].[Ca+2]. The van der Waals surface area contributed by atoms with Gasteiger partial charge >= 0.3 is 86.6 Å². The Bertz CT molecular complexity index is 6.00. The third-order valence-corrected chi connectivity index (χ3v) is 0. The van der Waals surface area contributed by atoms with Crippen LogP contribution in [-0.4, -0.2) is 97.6 Å². The Morgan fingerprint density at radius 3 is 0.750 bits per heavy atom. The van der Waals surface area contributed by atoms with Gasteiger partial charge in [-0.2, -0.15) is 0 Å². The van der Waals surface area contributed by atoms with Gasteiger partial charge in [0.2, 0.25) is 0 Å².